The summed E-state index contributed by atoms with van der Waals surface area (Å²) in [5.74, 6) is -0.261. The fraction of sp³-hybridized carbons (Fsp3) is 0.692. The SMILES string of the molecule is CNC(C)C(=O)NC(C(=O)N1CCCC1CN(CCCCCCN(CCc1ccccc1)CC1CCCN1C(=O)C(NC(=O)C(C)NC)C(C)(C)C)CCc1ccccc1)C(C)(C)C. The summed E-state index contributed by atoms with van der Waals surface area (Å²) in [7, 11) is 3.52. The maximum atomic E-state index is 14.3. The number of nitrogens with zero attached hydrogens (tertiary/aromatic N) is 4. The van der Waals surface area contributed by atoms with Crippen LogP contribution in [-0.4, -0.2) is 146 Å². The summed E-state index contributed by atoms with van der Waals surface area (Å²) >= 11 is 0. The molecule has 64 heavy (non-hydrogen) atoms. The van der Waals surface area contributed by atoms with Gasteiger partial charge in [-0.3, -0.25) is 19.2 Å². The van der Waals surface area contributed by atoms with E-state index in [1.54, 1.807) is 14.1 Å². The van der Waals surface area contributed by atoms with Gasteiger partial charge < -0.3 is 40.9 Å². The molecule has 0 aromatic heterocycles. The predicted molar refractivity (Wildman–Crippen MR) is 261 cm³/mol. The van der Waals surface area contributed by atoms with Gasteiger partial charge in [0.05, 0.1) is 12.1 Å². The first-order chi connectivity index (χ1) is 30.4. The van der Waals surface area contributed by atoms with E-state index in [1.807, 2.05) is 55.4 Å². The molecule has 0 saturated carbocycles. The maximum absolute atomic E-state index is 14.3. The van der Waals surface area contributed by atoms with Crippen molar-refractivity contribution in [3.05, 3.63) is 71.8 Å². The zero-order chi connectivity index (χ0) is 46.9. The average molecular weight is 887 g/mol. The van der Waals surface area contributed by atoms with Crippen molar-refractivity contribution in [2.45, 2.75) is 156 Å². The molecule has 6 atom stereocenters. The minimum Gasteiger partial charge on any atom is -0.342 e. The van der Waals surface area contributed by atoms with Crippen molar-refractivity contribution in [1.29, 1.82) is 0 Å². The molecular formula is C52H86N8O4. The summed E-state index contributed by atoms with van der Waals surface area (Å²) in [5, 5.41) is 12.2. The predicted octanol–water partition coefficient (Wildman–Crippen LogP) is 5.90. The number of benzene rings is 2. The topological polar surface area (TPSA) is 129 Å². The van der Waals surface area contributed by atoms with Crippen molar-refractivity contribution < 1.29 is 19.2 Å². The summed E-state index contributed by atoms with van der Waals surface area (Å²) in [6.07, 6.45) is 10.2. The van der Waals surface area contributed by atoms with Gasteiger partial charge in [-0.05, 0) is 114 Å². The zero-order valence-corrected chi connectivity index (χ0v) is 41.4. The molecule has 0 bridgehead atoms. The lowest BCUT2D eigenvalue weighted by Crippen LogP contribution is -2.59. The van der Waals surface area contributed by atoms with Crippen LogP contribution in [0.15, 0.2) is 60.7 Å². The van der Waals surface area contributed by atoms with Crippen LogP contribution < -0.4 is 21.3 Å². The van der Waals surface area contributed by atoms with Gasteiger partial charge in [0.15, 0.2) is 0 Å². The van der Waals surface area contributed by atoms with Crippen LogP contribution in [0.2, 0.25) is 0 Å². The van der Waals surface area contributed by atoms with Crippen LogP contribution in [0.1, 0.15) is 118 Å². The van der Waals surface area contributed by atoms with Gasteiger partial charge in [-0.2, -0.15) is 0 Å². The molecule has 2 heterocycles. The molecule has 0 aliphatic carbocycles. The van der Waals surface area contributed by atoms with Crippen molar-refractivity contribution in [3.8, 4) is 0 Å². The Hall–Kier alpha value is -3.84. The van der Waals surface area contributed by atoms with E-state index in [2.05, 4.69) is 102 Å². The lowest BCUT2D eigenvalue weighted by Gasteiger charge is -2.37. The number of unbranched alkanes of at least 4 members (excludes halogenated alkanes) is 3. The molecule has 2 aliphatic heterocycles. The van der Waals surface area contributed by atoms with Crippen LogP contribution in [0.5, 0.6) is 0 Å². The lowest BCUT2D eigenvalue weighted by atomic mass is 9.85. The first kappa shape index (κ1) is 52.8. The fourth-order valence-corrected chi connectivity index (χ4v) is 9.13. The quantitative estimate of drug-likeness (QED) is 0.0910. The highest BCUT2D eigenvalue weighted by atomic mass is 16.2. The number of carbonyl (C=O) groups is 4. The van der Waals surface area contributed by atoms with Crippen LogP contribution in [0, 0.1) is 10.8 Å². The molecule has 4 N–H and O–H groups in total. The van der Waals surface area contributed by atoms with Gasteiger partial charge in [0.25, 0.3) is 0 Å². The molecule has 2 aromatic rings. The second kappa shape index (κ2) is 25.7. The third kappa shape index (κ3) is 16.5. The number of carbonyl (C=O) groups excluding carboxylic acids is 4. The maximum Gasteiger partial charge on any atom is 0.245 e. The third-order valence-corrected chi connectivity index (χ3v) is 13.5. The first-order valence-electron chi connectivity index (χ1n) is 24.5. The number of likely N-dealkylation sites (tertiary alicyclic amines) is 2. The lowest BCUT2D eigenvalue weighted by molar-refractivity contribution is -0.141. The molecule has 0 radical (unpaired) electrons. The van der Waals surface area contributed by atoms with E-state index >= 15 is 0 Å². The van der Waals surface area contributed by atoms with E-state index in [1.165, 1.54) is 11.1 Å². The van der Waals surface area contributed by atoms with E-state index in [0.717, 1.165) is 117 Å². The number of likely N-dealkylation sites (N-methyl/N-ethyl adjacent to an activating group) is 2. The van der Waals surface area contributed by atoms with Gasteiger partial charge in [-0.25, -0.2) is 0 Å². The summed E-state index contributed by atoms with van der Waals surface area (Å²) in [6, 6.07) is 19.6. The van der Waals surface area contributed by atoms with E-state index in [-0.39, 0.29) is 47.8 Å². The minimum atomic E-state index is -0.598. The average Bonchev–Trinajstić information content (AvgIpc) is 3.95. The van der Waals surface area contributed by atoms with E-state index in [0.29, 0.717) is 0 Å². The fourth-order valence-electron chi connectivity index (χ4n) is 9.13. The minimum absolute atomic E-state index is 0.0246. The largest absolute Gasteiger partial charge is 0.342 e. The van der Waals surface area contributed by atoms with Gasteiger partial charge in [-0.1, -0.05) is 115 Å². The van der Waals surface area contributed by atoms with Gasteiger partial charge in [0.2, 0.25) is 23.6 Å². The van der Waals surface area contributed by atoms with Gasteiger partial charge >= 0.3 is 0 Å². The van der Waals surface area contributed by atoms with Gasteiger partial charge in [0.1, 0.15) is 12.1 Å². The molecular weight excluding hydrogens is 801 g/mol. The number of hydrogen-bond donors (Lipinski definition) is 4. The number of hydrogen-bond acceptors (Lipinski definition) is 8. The Bertz CT molecular complexity index is 1590. The van der Waals surface area contributed by atoms with E-state index < -0.39 is 22.9 Å². The van der Waals surface area contributed by atoms with Crippen molar-refractivity contribution in [1.82, 2.24) is 40.9 Å². The molecule has 12 heteroatoms. The Kier molecular flexibility index (Phi) is 21.2. The van der Waals surface area contributed by atoms with Crippen molar-refractivity contribution in [2.75, 3.05) is 66.5 Å². The highest BCUT2D eigenvalue weighted by Gasteiger charge is 2.42. The van der Waals surface area contributed by atoms with Crippen LogP contribution in [0.3, 0.4) is 0 Å². The molecule has 6 unspecified atom stereocenters. The van der Waals surface area contributed by atoms with Crippen LogP contribution in [0.25, 0.3) is 0 Å². The molecule has 2 aromatic carbocycles. The molecule has 2 fully saturated rings. The molecule has 358 valence electrons. The molecule has 4 rings (SSSR count). The van der Waals surface area contributed by atoms with Gasteiger partial charge in [-0.15, -0.1) is 0 Å². The summed E-state index contributed by atoms with van der Waals surface area (Å²) < 4.78 is 0. The Morgan fingerprint density at radius 3 is 1.27 bits per heavy atom. The standard InChI is InChI=1S/C52H86N8O4/c1-39(53-9)47(61)55-45(51(3,4)5)49(63)59-33-21-27-43(59)37-57(35-29-41-23-15-13-16-24-41)31-19-11-12-20-32-58(36-30-42-25-17-14-18-26-42)38-44-28-22-34-60(44)50(64)46(52(6,7)8)56-48(62)40(2)54-10/h13-18,23-26,39-40,43-46,53-54H,11-12,19-22,27-38H2,1-10H3,(H,55,61)(H,56,62). The van der Waals surface area contributed by atoms with Crippen LogP contribution in [-0.2, 0) is 32.0 Å². The number of nitrogens with one attached hydrogen (secondary N) is 4. The monoisotopic (exact) mass is 887 g/mol. The molecule has 0 spiro atoms. The number of rotatable bonds is 25. The summed E-state index contributed by atoms with van der Waals surface area (Å²) in [5.41, 5.74) is 1.79. The normalized spacial score (nSPS) is 18.9. The molecule has 12 nitrogen and oxygen atoms in total. The van der Waals surface area contributed by atoms with Crippen molar-refractivity contribution in [2.24, 2.45) is 10.8 Å². The Morgan fingerprint density at radius 1 is 0.578 bits per heavy atom. The first-order valence-corrected chi connectivity index (χ1v) is 24.5. The Labute approximate surface area is 387 Å². The van der Waals surface area contributed by atoms with Crippen LogP contribution in [0.4, 0.5) is 0 Å². The van der Waals surface area contributed by atoms with Crippen molar-refractivity contribution >= 4 is 23.6 Å². The van der Waals surface area contributed by atoms with Gasteiger partial charge in [0, 0.05) is 51.4 Å². The van der Waals surface area contributed by atoms with E-state index in [4.69, 9.17) is 0 Å². The summed E-state index contributed by atoms with van der Waals surface area (Å²) in [4.78, 5) is 63.8. The molecule has 2 saturated heterocycles. The Morgan fingerprint density at radius 2 is 0.938 bits per heavy atom. The second-order valence-corrected chi connectivity index (χ2v) is 20.8. The summed E-state index contributed by atoms with van der Waals surface area (Å²) in [6.45, 7) is 22.7. The zero-order valence-electron chi connectivity index (χ0n) is 41.4. The highest BCUT2D eigenvalue weighted by Crippen LogP contribution is 2.28. The smallest absolute Gasteiger partial charge is 0.245 e. The number of amides is 4. The van der Waals surface area contributed by atoms with Crippen LogP contribution >= 0.6 is 0 Å². The van der Waals surface area contributed by atoms with Crippen molar-refractivity contribution in [3.63, 3.8) is 0 Å². The van der Waals surface area contributed by atoms with E-state index in [9.17, 15) is 19.2 Å². The highest BCUT2D eigenvalue weighted by molar-refractivity contribution is 5.91. The Balaban J connectivity index is 1.38. The molecule has 2 aliphatic rings. The third-order valence-electron chi connectivity index (χ3n) is 13.5. The second-order valence-electron chi connectivity index (χ2n) is 20.8. The molecule has 4 amide bonds.